The summed E-state index contributed by atoms with van der Waals surface area (Å²) in [7, 11) is 0. The third-order valence-electron chi connectivity index (χ3n) is 8.36. The lowest BCUT2D eigenvalue weighted by Gasteiger charge is -2.26. The quantitative estimate of drug-likeness (QED) is 0.168. The van der Waals surface area contributed by atoms with Gasteiger partial charge in [-0.25, -0.2) is 4.39 Å². The molecule has 1 saturated carbocycles. The maximum atomic E-state index is 15.4. The van der Waals surface area contributed by atoms with Crippen LogP contribution in [0.1, 0.15) is 50.3 Å². The van der Waals surface area contributed by atoms with Crippen LogP contribution in [0.25, 0.3) is 27.9 Å². The molecule has 1 amide bonds. The fraction of sp³-hybridized carbons (Fsp3) is 0.312. The lowest BCUT2D eigenvalue weighted by atomic mass is 9.98. The molecule has 11 nitrogen and oxygen atoms in total. The fourth-order valence-electron chi connectivity index (χ4n) is 5.78. The van der Waals surface area contributed by atoms with Crippen LogP contribution in [0, 0.1) is 16.9 Å². The van der Waals surface area contributed by atoms with Gasteiger partial charge in [0, 0.05) is 42.5 Å². The Kier molecular flexibility index (Phi) is 7.99. The van der Waals surface area contributed by atoms with Crippen molar-refractivity contribution in [3.05, 3.63) is 95.2 Å². The number of hydrogen-bond donors (Lipinski definition) is 1. The van der Waals surface area contributed by atoms with Crippen LogP contribution in [0.4, 0.5) is 10.1 Å². The van der Waals surface area contributed by atoms with Crippen LogP contribution in [-0.4, -0.2) is 48.6 Å². The molecule has 3 aromatic heterocycles. The van der Waals surface area contributed by atoms with E-state index in [-0.39, 0.29) is 28.5 Å². The normalized spacial score (nSPS) is 17.2. The van der Waals surface area contributed by atoms with Crippen LogP contribution in [0.2, 0.25) is 5.02 Å². The fourth-order valence-corrected chi connectivity index (χ4v) is 5.93. The summed E-state index contributed by atoms with van der Waals surface area (Å²) in [5.74, 6) is -0.493. The van der Waals surface area contributed by atoms with E-state index >= 15 is 4.39 Å². The highest BCUT2D eigenvalue weighted by Gasteiger charge is 2.31. The summed E-state index contributed by atoms with van der Waals surface area (Å²) in [5, 5.41) is 32.4. The molecule has 2 atom stereocenters. The van der Waals surface area contributed by atoms with Crippen LogP contribution in [-0.2, 0) is 9.53 Å². The summed E-state index contributed by atoms with van der Waals surface area (Å²) in [4.78, 5) is 12.1. The second-order valence-corrected chi connectivity index (χ2v) is 11.9. The predicted octanol–water partition coefficient (Wildman–Crippen LogP) is 5.52. The standard InChI is InChI=1S/C32H30ClFN8O3/c33-26-11-13-28(41-19-35-38-39-41)30(31(26)34)22-8-12-27(42(44)18-22)29(15-25-3-1-2-14-45-25)40-17-23(16-36-40)20-6-9-24(10-7-20)37-32(43)21-4-5-21/h6-13,16-19,21,25,29H,1-5,14-15H2,(H,37,43)/t25-,29?/m0/s1. The number of nitrogens with zero attached hydrogens (tertiary/aromatic N) is 7. The molecule has 45 heavy (non-hydrogen) atoms. The first-order chi connectivity index (χ1) is 21.9. The van der Waals surface area contributed by atoms with Crippen molar-refractivity contribution in [2.45, 2.75) is 50.7 Å². The average Bonchev–Trinajstić information content (AvgIpc) is 3.54. The second kappa shape index (κ2) is 12.4. The Hall–Kier alpha value is -4.68. The molecule has 0 spiro atoms. The maximum Gasteiger partial charge on any atom is 0.227 e. The van der Waals surface area contributed by atoms with Crippen molar-refractivity contribution in [3.63, 3.8) is 0 Å². The molecule has 2 fully saturated rings. The van der Waals surface area contributed by atoms with Crippen LogP contribution in [0.3, 0.4) is 0 Å². The van der Waals surface area contributed by atoms with Gasteiger partial charge in [-0.3, -0.25) is 9.48 Å². The minimum Gasteiger partial charge on any atom is -0.618 e. The predicted molar refractivity (Wildman–Crippen MR) is 164 cm³/mol. The minimum absolute atomic E-state index is 0.0396. The van der Waals surface area contributed by atoms with Crippen LogP contribution >= 0.6 is 11.6 Å². The van der Waals surface area contributed by atoms with Crippen molar-refractivity contribution >= 4 is 23.2 Å². The van der Waals surface area contributed by atoms with E-state index in [0.29, 0.717) is 30.0 Å². The van der Waals surface area contributed by atoms with Crippen LogP contribution < -0.4 is 10.0 Å². The van der Waals surface area contributed by atoms with E-state index in [1.165, 1.54) is 23.3 Å². The molecule has 1 aliphatic heterocycles. The number of rotatable bonds is 9. The first-order valence-corrected chi connectivity index (χ1v) is 15.3. The molecule has 1 unspecified atom stereocenters. The maximum absolute atomic E-state index is 15.4. The van der Waals surface area contributed by atoms with E-state index in [0.717, 1.165) is 53.6 Å². The van der Waals surface area contributed by atoms with Gasteiger partial charge in [0.05, 0.1) is 34.1 Å². The van der Waals surface area contributed by atoms with Gasteiger partial charge in [-0.05, 0) is 78.4 Å². The summed E-state index contributed by atoms with van der Waals surface area (Å²) in [6.45, 7) is 0.676. The third-order valence-corrected chi connectivity index (χ3v) is 8.65. The molecule has 2 aromatic carbocycles. The van der Waals surface area contributed by atoms with Crippen molar-refractivity contribution in [1.82, 2.24) is 30.0 Å². The summed E-state index contributed by atoms with van der Waals surface area (Å²) in [6, 6.07) is 13.6. The molecule has 2 aliphatic rings. The molecular weight excluding hydrogens is 599 g/mol. The third kappa shape index (κ3) is 6.16. The molecule has 230 valence electrons. The molecule has 1 saturated heterocycles. The Labute approximate surface area is 263 Å². The topological polar surface area (TPSA) is 127 Å². The molecule has 5 aromatic rings. The number of pyridine rings is 1. The number of benzene rings is 2. The number of amides is 1. The number of anilines is 1. The van der Waals surface area contributed by atoms with Crippen molar-refractivity contribution in [1.29, 1.82) is 0 Å². The molecule has 0 bridgehead atoms. The van der Waals surface area contributed by atoms with Gasteiger partial charge in [-0.1, -0.05) is 23.7 Å². The Morgan fingerprint density at radius 1 is 1.09 bits per heavy atom. The Morgan fingerprint density at radius 3 is 2.62 bits per heavy atom. The van der Waals surface area contributed by atoms with E-state index in [9.17, 15) is 10.0 Å². The van der Waals surface area contributed by atoms with E-state index < -0.39 is 11.9 Å². The van der Waals surface area contributed by atoms with Gasteiger partial charge in [-0.15, -0.1) is 5.10 Å². The SMILES string of the molecule is O=C(Nc1ccc(-c2cnn(C(C[C@@H]3CCCCO3)c3ccc(-c4c(-n5cnnn5)ccc(Cl)c4F)c[n+]3[O-])c2)cc1)C1CC1. The molecule has 0 radical (unpaired) electrons. The van der Waals surface area contributed by atoms with Gasteiger partial charge in [0.1, 0.15) is 12.4 Å². The number of carbonyl (C=O) groups is 1. The zero-order valence-electron chi connectivity index (χ0n) is 24.2. The number of nitrogens with one attached hydrogen (secondary N) is 1. The van der Waals surface area contributed by atoms with Gasteiger partial charge in [0.15, 0.2) is 12.0 Å². The zero-order chi connectivity index (χ0) is 30.9. The molecule has 13 heteroatoms. The Balaban J connectivity index is 1.21. The number of ether oxygens (including phenoxy) is 1. The average molecular weight is 629 g/mol. The van der Waals surface area contributed by atoms with Crippen LogP contribution in [0.15, 0.2) is 73.4 Å². The van der Waals surface area contributed by atoms with E-state index in [4.69, 9.17) is 16.3 Å². The van der Waals surface area contributed by atoms with Crippen molar-refractivity contribution < 1.29 is 18.7 Å². The Morgan fingerprint density at radius 2 is 1.91 bits per heavy atom. The van der Waals surface area contributed by atoms with Gasteiger partial charge in [-0.2, -0.15) is 14.5 Å². The molecule has 1 aliphatic carbocycles. The highest BCUT2D eigenvalue weighted by molar-refractivity contribution is 6.31. The van der Waals surface area contributed by atoms with Gasteiger partial charge in [0.2, 0.25) is 11.6 Å². The lowest BCUT2D eigenvalue weighted by molar-refractivity contribution is -0.615. The van der Waals surface area contributed by atoms with Gasteiger partial charge in [0.25, 0.3) is 0 Å². The number of hydrogen-bond acceptors (Lipinski definition) is 7. The largest absolute Gasteiger partial charge is 0.618 e. The van der Waals surface area contributed by atoms with E-state index in [1.807, 2.05) is 30.5 Å². The summed E-state index contributed by atoms with van der Waals surface area (Å²) >= 11 is 6.14. The van der Waals surface area contributed by atoms with Gasteiger partial charge < -0.3 is 15.3 Å². The van der Waals surface area contributed by atoms with E-state index in [2.05, 4.69) is 25.9 Å². The molecule has 7 rings (SSSR count). The lowest BCUT2D eigenvalue weighted by Crippen LogP contribution is -2.37. The Bertz CT molecular complexity index is 1820. The summed E-state index contributed by atoms with van der Waals surface area (Å²) in [6.07, 6.45) is 11.7. The van der Waals surface area contributed by atoms with Crippen molar-refractivity contribution in [2.75, 3.05) is 11.9 Å². The highest BCUT2D eigenvalue weighted by Crippen LogP contribution is 2.35. The van der Waals surface area contributed by atoms with Gasteiger partial charge >= 0.3 is 0 Å². The number of halogens is 2. The summed E-state index contributed by atoms with van der Waals surface area (Å²) in [5.41, 5.74) is 3.75. The summed E-state index contributed by atoms with van der Waals surface area (Å²) < 4.78 is 25.3. The number of tetrazole rings is 1. The van der Waals surface area contributed by atoms with Crippen LogP contribution in [0.5, 0.6) is 0 Å². The smallest absolute Gasteiger partial charge is 0.227 e. The first-order valence-electron chi connectivity index (χ1n) is 15.0. The second-order valence-electron chi connectivity index (χ2n) is 11.5. The van der Waals surface area contributed by atoms with Crippen molar-refractivity contribution in [3.8, 4) is 27.9 Å². The first kappa shape index (κ1) is 29.1. The highest BCUT2D eigenvalue weighted by atomic mass is 35.5. The molecular formula is C32H30ClFN8O3. The minimum atomic E-state index is -0.681. The monoisotopic (exact) mass is 628 g/mol. The molecule has 4 heterocycles. The van der Waals surface area contributed by atoms with E-state index in [1.54, 1.807) is 29.1 Å². The number of carbonyl (C=O) groups excluding carboxylic acids is 1. The molecule has 1 N–H and O–H groups in total. The van der Waals surface area contributed by atoms with Crippen molar-refractivity contribution in [2.24, 2.45) is 5.92 Å². The zero-order valence-corrected chi connectivity index (χ0v) is 25.0. The number of aromatic nitrogens is 7.